The van der Waals surface area contributed by atoms with Gasteiger partial charge in [-0.2, -0.15) is 0 Å². The Morgan fingerprint density at radius 3 is 2.50 bits per heavy atom. The number of rotatable bonds is 4. The molecule has 0 spiro atoms. The quantitative estimate of drug-likeness (QED) is 0.854. The van der Waals surface area contributed by atoms with E-state index in [9.17, 15) is 13.2 Å². The minimum atomic E-state index is -3.99. The molecule has 8 heteroatoms. The van der Waals surface area contributed by atoms with E-state index in [1.165, 1.54) is 30.5 Å². The Hall–Kier alpha value is -2.45. The van der Waals surface area contributed by atoms with E-state index in [1.54, 1.807) is 12.1 Å². The minimum Gasteiger partial charge on any atom is -0.437 e. The number of pyridine rings is 1. The Morgan fingerprint density at radius 2 is 1.85 bits per heavy atom. The summed E-state index contributed by atoms with van der Waals surface area (Å²) in [6.45, 7) is 0. The monoisotopic (exact) mass is 293 g/mol. The number of primary sulfonamides is 1. The first-order valence-electron chi connectivity index (χ1n) is 5.44. The molecule has 7 nitrogen and oxygen atoms in total. The second-order valence-corrected chi connectivity index (χ2v) is 5.34. The summed E-state index contributed by atoms with van der Waals surface area (Å²) in [5.41, 5.74) is 5.32. The fraction of sp³-hybridized carbons (Fsp3) is 0. The molecule has 1 amide bonds. The van der Waals surface area contributed by atoms with E-state index in [1.807, 2.05) is 0 Å². The highest BCUT2D eigenvalue weighted by Crippen LogP contribution is 2.27. The summed E-state index contributed by atoms with van der Waals surface area (Å²) in [4.78, 5) is 14.8. The standard InChI is InChI=1S/C12H11N3O4S/c13-11(16)8-4-1-2-5-9(8)19-12-10(20(14,17)18)6-3-7-15-12/h1-7H,(H2,13,16)(H2,14,17,18). The maximum absolute atomic E-state index is 11.4. The first-order chi connectivity index (χ1) is 9.39. The predicted molar refractivity (Wildman–Crippen MR) is 70.6 cm³/mol. The number of hydrogen-bond acceptors (Lipinski definition) is 5. The number of primary amides is 1. The van der Waals surface area contributed by atoms with Crippen molar-refractivity contribution in [3.05, 3.63) is 48.2 Å². The van der Waals surface area contributed by atoms with Crippen molar-refractivity contribution in [2.45, 2.75) is 4.90 Å². The first-order valence-corrected chi connectivity index (χ1v) is 6.99. The van der Waals surface area contributed by atoms with Gasteiger partial charge in [-0.1, -0.05) is 12.1 Å². The molecule has 104 valence electrons. The van der Waals surface area contributed by atoms with Crippen molar-refractivity contribution in [3.63, 3.8) is 0 Å². The Labute approximate surface area is 115 Å². The van der Waals surface area contributed by atoms with Crippen molar-refractivity contribution in [2.75, 3.05) is 0 Å². The molecule has 0 radical (unpaired) electrons. The van der Waals surface area contributed by atoms with Gasteiger partial charge in [0.15, 0.2) is 0 Å². The van der Waals surface area contributed by atoms with E-state index in [2.05, 4.69) is 4.98 Å². The van der Waals surface area contributed by atoms with Crippen LogP contribution >= 0.6 is 0 Å². The van der Waals surface area contributed by atoms with E-state index in [0.717, 1.165) is 0 Å². The zero-order valence-corrected chi connectivity index (χ0v) is 11.0. The van der Waals surface area contributed by atoms with Gasteiger partial charge in [-0.15, -0.1) is 0 Å². The molecule has 0 fully saturated rings. The highest BCUT2D eigenvalue weighted by molar-refractivity contribution is 7.89. The molecule has 20 heavy (non-hydrogen) atoms. The molecule has 0 bridgehead atoms. The van der Waals surface area contributed by atoms with E-state index in [4.69, 9.17) is 15.6 Å². The molecular formula is C12H11N3O4S. The molecule has 0 unspecified atom stereocenters. The van der Waals surface area contributed by atoms with E-state index in [-0.39, 0.29) is 22.1 Å². The minimum absolute atomic E-state index is 0.101. The maximum atomic E-state index is 11.4. The number of nitrogens with zero attached hydrogens (tertiary/aromatic N) is 1. The van der Waals surface area contributed by atoms with Gasteiger partial charge < -0.3 is 10.5 Å². The molecule has 1 heterocycles. The van der Waals surface area contributed by atoms with Crippen LogP contribution in [-0.4, -0.2) is 19.3 Å². The molecule has 2 rings (SSSR count). The van der Waals surface area contributed by atoms with Gasteiger partial charge in [0.1, 0.15) is 10.6 Å². The molecule has 0 saturated carbocycles. The molecule has 0 aliphatic rings. The number of amides is 1. The lowest BCUT2D eigenvalue weighted by Gasteiger charge is -2.10. The average molecular weight is 293 g/mol. The Kier molecular flexibility index (Phi) is 3.68. The van der Waals surface area contributed by atoms with Crippen LogP contribution in [0.1, 0.15) is 10.4 Å². The zero-order chi connectivity index (χ0) is 14.8. The Morgan fingerprint density at radius 1 is 1.15 bits per heavy atom. The summed E-state index contributed by atoms with van der Waals surface area (Å²) in [6.07, 6.45) is 1.34. The molecule has 2 aromatic rings. The van der Waals surface area contributed by atoms with Crippen LogP contribution < -0.4 is 15.6 Å². The topological polar surface area (TPSA) is 125 Å². The van der Waals surface area contributed by atoms with E-state index >= 15 is 0 Å². The smallest absolute Gasteiger partial charge is 0.252 e. The third kappa shape index (κ3) is 2.92. The predicted octanol–water partition coefficient (Wildman–Crippen LogP) is 0.620. The fourth-order valence-corrected chi connectivity index (χ4v) is 2.14. The number of ether oxygens (including phenoxy) is 1. The second-order valence-electron chi connectivity index (χ2n) is 3.81. The highest BCUT2D eigenvalue weighted by Gasteiger charge is 2.18. The summed E-state index contributed by atoms with van der Waals surface area (Å²) in [7, 11) is -3.99. The summed E-state index contributed by atoms with van der Waals surface area (Å²) in [5.74, 6) is -0.819. The SMILES string of the molecule is NC(=O)c1ccccc1Oc1ncccc1S(N)(=O)=O. The summed E-state index contributed by atoms with van der Waals surface area (Å²) in [5, 5.41) is 5.07. The normalized spacial score (nSPS) is 11.1. The van der Waals surface area contributed by atoms with Crippen molar-refractivity contribution in [2.24, 2.45) is 10.9 Å². The van der Waals surface area contributed by atoms with Gasteiger partial charge in [-0.05, 0) is 24.3 Å². The van der Waals surface area contributed by atoms with Gasteiger partial charge >= 0.3 is 0 Å². The number of aromatic nitrogens is 1. The Balaban J connectivity index is 2.49. The fourth-order valence-electron chi connectivity index (χ4n) is 1.53. The summed E-state index contributed by atoms with van der Waals surface area (Å²) in [6, 6.07) is 8.81. The van der Waals surface area contributed by atoms with Gasteiger partial charge in [0.25, 0.3) is 5.91 Å². The summed E-state index contributed by atoms with van der Waals surface area (Å²) < 4.78 is 28.2. The van der Waals surface area contributed by atoms with Crippen LogP contribution in [0.15, 0.2) is 47.5 Å². The molecule has 1 aromatic heterocycles. The first kappa shape index (κ1) is 14.0. The van der Waals surface area contributed by atoms with Gasteiger partial charge in [-0.3, -0.25) is 4.79 Å². The number of nitrogens with two attached hydrogens (primary N) is 2. The van der Waals surface area contributed by atoms with Crippen molar-refractivity contribution >= 4 is 15.9 Å². The molecule has 0 aliphatic carbocycles. The molecule has 0 saturated heterocycles. The van der Waals surface area contributed by atoms with Crippen LogP contribution in [-0.2, 0) is 10.0 Å². The average Bonchev–Trinajstić information content (AvgIpc) is 2.38. The molecule has 1 aromatic carbocycles. The lowest BCUT2D eigenvalue weighted by atomic mass is 10.2. The summed E-state index contributed by atoms with van der Waals surface area (Å²) >= 11 is 0. The highest BCUT2D eigenvalue weighted by atomic mass is 32.2. The van der Waals surface area contributed by atoms with Crippen molar-refractivity contribution in [1.82, 2.24) is 4.98 Å². The zero-order valence-electron chi connectivity index (χ0n) is 10.2. The number of hydrogen-bond donors (Lipinski definition) is 2. The molecule has 4 N–H and O–H groups in total. The number of benzene rings is 1. The number of carbonyl (C=O) groups is 1. The Bertz CT molecular complexity index is 759. The van der Waals surface area contributed by atoms with Gasteiger partial charge in [0.05, 0.1) is 5.56 Å². The maximum Gasteiger partial charge on any atom is 0.252 e. The third-order valence-electron chi connectivity index (χ3n) is 2.40. The largest absolute Gasteiger partial charge is 0.437 e. The lowest BCUT2D eigenvalue weighted by molar-refractivity contribution is 0.0998. The molecule has 0 atom stereocenters. The van der Waals surface area contributed by atoms with Crippen LogP contribution in [0.4, 0.5) is 0 Å². The second kappa shape index (κ2) is 5.27. The van der Waals surface area contributed by atoms with Crippen molar-refractivity contribution in [1.29, 1.82) is 0 Å². The number of para-hydroxylation sites is 1. The van der Waals surface area contributed by atoms with Crippen LogP contribution in [0, 0.1) is 0 Å². The van der Waals surface area contributed by atoms with Crippen molar-refractivity contribution in [3.8, 4) is 11.6 Å². The van der Waals surface area contributed by atoms with Gasteiger partial charge in [0.2, 0.25) is 15.9 Å². The van der Waals surface area contributed by atoms with E-state index in [0.29, 0.717) is 0 Å². The van der Waals surface area contributed by atoms with Crippen LogP contribution in [0.2, 0.25) is 0 Å². The molecular weight excluding hydrogens is 282 g/mol. The van der Waals surface area contributed by atoms with Crippen LogP contribution in [0.25, 0.3) is 0 Å². The van der Waals surface area contributed by atoms with Gasteiger partial charge in [0, 0.05) is 6.20 Å². The van der Waals surface area contributed by atoms with Crippen molar-refractivity contribution < 1.29 is 17.9 Å². The third-order valence-corrected chi connectivity index (χ3v) is 3.33. The van der Waals surface area contributed by atoms with Crippen LogP contribution in [0.5, 0.6) is 11.6 Å². The molecule has 0 aliphatic heterocycles. The lowest BCUT2D eigenvalue weighted by Crippen LogP contribution is -2.15. The van der Waals surface area contributed by atoms with E-state index < -0.39 is 15.9 Å². The number of carbonyl (C=O) groups excluding carboxylic acids is 1. The van der Waals surface area contributed by atoms with Gasteiger partial charge in [-0.25, -0.2) is 18.5 Å². The number of sulfonamides is 1. The van der Waals surface area contributed by atoms with Crippen LogP contribution in [0.3, 0.4) is 0 Å².